The molecule has 3 aromatic rings. The number of nitrogens with one attached hydrogen (secondary N) is 3. The van der Waals surface area contributed by atoms with Crippen LogP contribution in [0.5, 0.6) is 0 Å². The third kappa shape index (κ3) is 5.43. The van der Waals surface area contributed by atoms with E-state index in [0.717, 1.165) is 22.4 Å². The summed E-state index contributed by atoms with van der Waals surface area (Å²) in [4.78, 5) is 6.50. The van der Waals surface area contributed by atoms with Gasteiger partial charge >= 0.3 is 0 Å². The number of nitrogens with zero attached hydrogens (tertiary/aromatic N) is 4. The molecule has 5 rings (SSSR count). The standard InChI is InChI=1S/C30H33ClN8O2/c1-3-38(2)27(18-32)30(41,22-10-8-20(9-11-22)19-33-14-5-15-40)23-12-13-26-25(17-23)28(21-6-4-7-24(31)16-21)34-29-35-36-37-39(26)29/h3-4,6-13,16-18,33,36-37,40-41H,1,5,14-15,19,32H2,2H3/b27-18-. The van der Waals surface area contributed by atoms with Crippen molar-refractivity contribution in [2.24, 2.45) is 15.8 Å². The van der Waals surface area contributed by atoms with Crippen molar-refractivity contribution in [1.82, 2.24) is 21.3 Å². The lowest BCUT2D eigenvalue weighted by Crippen LogP contribution is -2.44. The van der Waals surface area contributed by atoms with Crippen molar-refractivity contribution in [3.63, 3.8) is 0 Å². The number of nitrogens with two attached hydrogens (primary N) is 1. The normalized spacial score (nSPS) is 15.7. The number of hydrazine groups is 2. The number of halogens is 1. The molecule has 3 aromatic carbocycles. The van der Waals surface area contributed by atoms with Gasteiger partial charge in [0.2, 0.25) is 0 Å². The zero-order valence-corrected chi connectivity index (χ0v) is 23.4. The molecule has 2 heterocycles. The summed E-state index contributed by atoms with van der Waals surface area (Å²) in [6, 6.07) is 20.9. The number of aliphatic hydroxyl groups excluding tert-OH is 1. The predicted octanol–water partition coefficient (Wildman–Crippen LogP) is 2.87. The van der Waals surface area contributed by atoms with Crippen LogP contribution in [0.1, 0.15) is 34.2 Å². The minimum Gasteiger partial charge on any atom is -0.403 e. The molecule has 0 aromatic heterocycles. The Morgan fingerprint density at radius 3 is 2.66 bits per heavy atom. The van der Waals surface area contributed by atoms with Crippen molar-refractivity contribution < 1.29 is 10.2 Å². The molecule has 2 aliphatic heterocycles. The fourth-order valence-electron chi connectivity index (χ4n) is 4.98. The Balaban J connectivity index is 1.63. The number of rotatable bonds is 11. The van der Waals surface area contributed by atoms with Crippen LogP contribution in [0.3, 0.4) is 0 Å². The molecule has 1 atom stereocenters. The summed E-state index contributed by atoms with van der Waals surface area (Å²) in [7, 11) is 1.79. The van der Waals surface area contributed by atoms with Crippen LogP contribution < -0.4 is 27.1 Å². The molecule has 0 radical (unpaired) electrons. The largest absolute Gasteiger partial charge is 0.403 e. The smallest absolute Gasteiger partial charge is 0.265 e. The maximum atomic E-state index is 12.6. The maximum absolute atomic E-state index is 12.6. The molecule has 212 valence electrons. The molecule has 41 heavy (non-hydrogen) atoms. The predicted molar refractivity (Wildman–Crippen MR) is 163 cm³/mol. The van der Waals surface area contributed by atoms with Crippen LogP contribution in [-0.2, 0) is 12.1 Å². The number of likely N-dealkylation sites (N-methyl/N-ethyl adjacent to an activating group) is 1. The highest BCUT2D eigenvalue weighted by Gasteiger charge is 2.40. The molecular weight excluding hydrogens is 540 g/mol. The fourth-order valence-corrected chi connectivity index (χ4v) is 5.17. The number of aliphatic hydroxyl groups is 2. The quantitative estimate of drug-likeness (QED) is 0.193. The lowest BCUT2D eigenvalue weighted by molar-refractivity contribution is 0.0967. The van der Waals surface area contributed by atoms with E-state index in [4.69, 9.17) is 27.4 Å². The van der Waals surface area contributed by atoms with E-state index >= 15 is 0 Å². The first-order valence-electron chi connectivity index (χ1n) is 13.2. The second kappa shape index (κ2) is 12.1. The summed E-state index contributed by atoms with van der Waals surface area (Å²) in [5.41, 5.74) is 16.0. The molecule has 0 amide bonds. The van der Waals surface area contributed by atoms with Gasteiger partial charge in [0.05, 0.1) is 17.1 Å². The molecule has 0 aliphatic carbocycles. The summed E-state index contributed by atoms with van der Waals surface area (Å²) < 4.78 is 0. The Bertz CT molecular complexity index is 1520. The monoisotopic (exact) mass is 572 g/mol. The van der Waals surface area contributed by atoms with E-state index in [1.165, 1.54) is 6.20 Å². The highest BCUT2D eigenvalue weighted by Crippen LogP contribution is 2.41. The molecule has 0 bridgehead atoms. The van der Waals surface area contributed by atoms with Gasteiger partial charge in [-0.2, -0.15) is 0 Å². The molecule has 0 saturated carbocycles. The van der Waals surface area contributed by atoms with Gasteiger partial charge in [-0.1, -0.05) is 60.6 Å². The Kier molecular flexibility index (Phi) is 8.39. The van der Waals surface area contributed by atoms with Gasteiger partial charge in [0, 0.05) is 42.5 Å². The topological polar surface area (TPSA) is 134 Å². The van der Waals surface area contributed by atoms with Crippen molar-refractivity contribution in [3.8, 4) is 0 Å². The average molecular weight is 573 g/mol. The number of hydrogen-bond acceptors (Lipinski definition) is 10. The van der Waals surface area contributed by atoms with Gasteiger partial charge in [0.15, 0.2) is 5.60 Å². The SMILES string of the molecule is C=CN(C)/C(=C\N)C(O)(c1ccc(CNCCCO)cc1)c1ccc2c(c1)C(c1cccc(Cl)c1)=NC1=NNNN12. The fraction of sp³-hybridized carbons (Fsp3) is 0.200. The summed E-state index contributed by atoms with van der Waals surface area (Å²) in [5, 5.41) is 31.5. The highest BCUT2D eigenvalue weighted by atomic mass is 35.5. The van der Waals surface area contributed by atoms with Gasteiger partial charge < -0.3 is 26.2 Å². The van der Waals surface area contributed by atoms with Gasteiger partial charge in [0.1, 0.15) is 0 Å². The number of aliphatic imine (C=N–C) groups is 1. The van der Waals surface area contributed by atoms with Crippen LogP contribution in [0.4, 0.5) is 5.69 Å². The molecular formula is C30H33ClN8O2. The van der Waals surface area contributed by atoms with Gasteiger partial charge in [0.25, 0.3) is 5.96 Å². The first kappa shape index (κ1) is 28.3. The first-order chi connectivity index (χ1) is 19.9. The Hall–Kier alpha value is -4.19. The Morgan fingerprint density at radius 2 is 1.95 bits per heavy atom. The number of benzene rings is 3. The molecule has 7 N–H and O–H groups in total. The zero-order valence-electron chi connectivity index (χ0n) is 22.7. The molecule has 10 nitrogen and oxygen atoms in total. The van der Waals surface area contributed by atoms with Crippen molar-refractivity contribution in [2.75, 3.05) is 25.2 Å². The minimum atomic E-state index is -1.64. The van der Waals surface area contributed by atoms with Gasteiger partial charge in [-0.05, 0) is 60.1 Å². The first-order valence-corrected chi connectivity index (χ1v) is 13.6. The van der Waals surface area contributed by atoms with Crippen molar-refractivity contribution >= 4 is 29.0 Å². The second-order valence-electron chi connectivity index (χ2n) is 9.68. The van der Waals surface area contributed by atoms with Crippen LogP contribution in [0.25, 0.3) is 0 Å². The third-order valence-electron chi connectivity index (χ3n) is 7.13. The van der Waals surface area contributed by atoms with E-state index in [-0.39, 0.29) is 6.61 Å². The van der Waals surface area contributed by atoms with Crippen LogP contribution >= 0.6 is 11.6 Å². The van der Waals surface area contributed by atoms with Gasteiger partial charge in [-0.3, -0.25) is 0 Å². The zero-order chi connectivity index (χ0) is 29.0. The molecule has 2 aliphatic rings. The molecule has 11 heteroatoms. The van der Waals surface area contributed by atoms with Crippen molar-refractivity contribution in [1.29, 1.82) is 0 Å². The number of guanidine groups is 1. The summed E-state index contributed by atoms with van der Waals surface area (Å²) in [6.45, 7) is 5.39. The van der Waals surface area contributed by atoms with E-state index in [2.05, 4.69) is 28.1 Å². The second-order valence-corrected chi connectivity index (χ2v) is 10.1. The highest BCUT2D eigenvalue weighted by molar-refractivity contribution is 6.32. The summed E-state index contributed by atoms with van der Waals surface area (Å²) in [6.07, 6.45) is 3.68. The molecule has 0 fully saturated rings. The summed E-state index contributed by atoms with van der Waals surface area (Å²) in [5.74, 6) is 0.451. The Labute approximate surface area is 244 Å². The van der Waals surface area contributed by atoms with Gasteiger partial charge in [-0.15, -0.1) is 10.6 Å². The molecule has 0 spiro atoms. The van der Waals surface area contributed by atoms with Gasteiger partial charge in [-0.25, -0.2) is 15.5 Å². The number of fused-ring (bicyclic) bond motifs is 3. The molecule has 1 unspecified atom stereocenters. The number of hydrazone groups is 1. The van der Waals surface area contributed by atoms with Crippen molar-refractivity contribution in [3.05, 3.63) is 124 Å². The van der Waals surface area contributed by atoms with Crippen molar-refractivity contribution in [2.45, 2.75) is 18.6 Å². The molecule has 0 saturated heterocycles. The van der Waals surface area contributed by atoms with E-state index in [9.17, 15) is 5.11 Å². The van der Waals surface area contributed by atoms with E-state index in [1.807, 2.05) is 66.7 Å². The van der Waals surface area contributed by atoms with E-state index < -0.39 is 5.60 Å². The average Bonchev–Trinajstić information content (AvgIpc) is 3.48. The van der Waals surface area contributed by atoms with Crippen LogP contribution in [0.2, 0.25) is 5.02 Å². The lowest BCUT2D eigenvalue weighted by Gasteiger charge is -2.37. The maximum Gasteiger partial charge on any atom is 0.265 e. The summed E-state index contributed by atoms with van der Waals surface area (Å²) >= 11 is 6.35. The lowest BCUT2D eigenvalue weighted by atomic mass is 9.81. The van der Waals surface area contributed by atoms with Crippen LogP contribution in [0, 0.1) is 0 Å². The number of hydrogen-bond donors (Lipinski definition) is 6. The third-order valence-corrected chi connectivity index (χ3v) is 7.37. The van der Waals surface area contributed by atoms with E-state index in [1.54, 1.807) is 23.2 Å². The minimum absolute atomic E-state index is 0.146. The van der Waals surface area contributed by atoms with Crippen LogP contribution in [0.15, 0.2) is 101 Å². The van der Waals surface area contributed by atoms with Crippen LogP contribution in [-0.4, -0.2) is 47.0 Å². The number of anilines is 1. The van der Waals surface area contributed by atoms with E-state index in [0.29, 0.717) is 53.0 Å². The Morgan fingerprint density at radius 1 is 1.17 bits per heavy atom.